The van der Waals surface area contributed by atoms with Crippen LogP contribution in [0.25, 0.3) is 11.1 Å². The van der Waals surface area contributed by atoms with Gasteiger partial charge in [0.2, 0.25) is 0 Å². The first-order valence-electron chi connectivity index (χ1n) is 7.10. The van der Waals surface area contributed by atoms with E-state index in [1.165, 1.54) is 12.8 Å². The topological polar surface area (TPSA) is 58.6 Å². The molecule has 1 N–H and O–H groups in total. The Bertz CT molecular complexity index is 576. The lowest BCUT2D eigenvalue weighted by molar-refractivity contribution is 0.315. The van der Waals surface area contributed by atoms with Crippen molar-refractivity contribution in [2.75, 3.05) is 0 Å². The maximum absolute atomic E-state index is 9.22. The maximum Gasteiger partial charge on any atom is 0.257 e. The Kier molecular flexibility index (Phi) is 4.25. The molecule has 1 saturated carbocycles. The summed E-state index contributed by atoms with van der Waals surface area (Å²) in [7, 11) is 0. The van der Waals surface area contributed by atoms with Crippen molar-refractivity contribution in [2.24, 2.45) is 5.16 Å². The molecule has 1 fully saturated rings. The molecule has 0 radical (unpaired) electrons. The Labute approximate surface area is 122 Å². The van der Waals surface area contributed by atoms with Crippen LogP contribution in [0.2, 0.25) is 0 Å². The number of hydrogen-bond donors (Lipinski definition) is 1. The molecule has 0 aliphatic heterocycles. The zero-order valence-corrected chi connectivity index (χ0v) is 12.1. The van der Waals surface area contributed by atoms with Gasteiger partial charge >= 0.3 is 0 Å². The van der Waals surface area contributed by atoms with Crippen LogP contribution in [0, 0.1) is 0 Å². The van der Waals surface area contributed by atoms with Crippen LogP contribution in [0.1, 0.15) is 38.5 Å². The van der Waals surface area contributed by atoms with Gasteiger partial charge in [-0.1, -0.05) is 48.3 Å². The zero-order valence-electron chi connectivity index (χ0n) is 11.3. The molecule has 0 spiro atoms. The molecule has 1 atom stereocenters. The van der Waals surface area contributed by atoms with Gasteiger partial charge in [-0.3, -0.25) is 0 Å². The molecule has 3 rings (SSSR count). The van der Waals surface area contributed by atoms with Gasteiger partial charge in [-0.2, -0.15) is 0 Å². The Morgan fingerprint density at radius 3 is 2.90 bits per heavy atom. The predicted octanol–water partition coefficient (Wildman–Crippen LogP) is 4.47. The van der Waals surface area contributed by atoms with Gasteiger partial charge in [0, 0.05) is 0 Å². The molecule has 1 aromatic heterocycles. The van der Waals surface area contributed by atoms with Crippen molar-refractivity contribution in [1.29, 1.82) is 0 Å². The quantitative estimate of drug-likeness (QED) is 0.654. The second kappa shape index (κ2) is 6.31. The molecule has 106 valence electrons. The normalized spacial score (nSPS) is 22.8. The van der Waals surface area contributed by atoms with Gasteiger partial charge in [-0.05, 0) is 31.4 Å². The molecule has 20 heavy (non-hydrogen) atoms. The molecule has 1 aliphatic rings. The van der Waals surface area contributed by atoms with Crippen molar-refractivity contribution in [3.63, 3.8) is 0 Å². The Morgan fingerprint density at radius 1 is 1.20 bits per heavy atom. The number of benzene rings is 1. The summed E-state index contributed by atoms with van der Waals surface area (Å²) in [6, 6.07) is 7.77. The third-order valence-electron chi connectivity index (χ3n) is 3.67. The number of oxazole rings is 1. The molecule has 1 aromatic carbocycles. The summed E-state index contributed by atoms with van der Waals surface area (Å²) in [6.45, 7) is 0. The molecule has 5 heteroatoms. The van der Waals surface area contributed by atoms with E-state index in [1.54, 1.807) is 11.8 Å². The van der Waals surface area contributed by atoms with Crippen molar-refractivity contribution in [3.8, 4) is 0 Å². The summed E-state index contributed by atoms with van der Waals surface area (Å²) in [5.41, 5.74) is 2.56. The lowest BCUT2D eigenvalue weighted by atomic mass is 9.99. The standard InChI is InChI=1S/C15H18N2O2S/c18-17-12-8-3-1-2-4-10-14(12)20-15-16-11-7-5-6-9-13(11)19-15/h5-7,9,14,18H,1-4,8,10H2/b17-12+. The molecule has 1 aliphatic carbocycles. The lowest BCUT2D eigenvalue weighted by Gasteiger charge is -2.18. The van der Waals surface area contributed by atoms with Gasteiger partial charge < -0.3 is 9.62 Å². The minimum Gasteiger partial charge on any atom is -0.431 e. The Morgan fingerprint density at radius 2 is 2.05 bits per heavy atom. The number of thioether (sulfide) groups is 1. The van der Waals surface area contributed by atoms with Crippen molar-refractivity contribution >= 4 is 28.6 Å². The van der Waals surface area contributed by atoms with E-state index < -0.39 is 0 Å². The number of fused-ring (bicyclic) bond motifs is 1. The van der Waals surface area contributed by atoms with E-state index in [0.717, 1.165) is 42.5 Å². The second-order valence-corrected chi connectivity index (χ2v) is 6.25. The molecular formula is C15H18N2O2S. The van der Waals surface area contributed by atoms with Gasteiger partial charge in [0.15, 0.2) is 5.58 Å². The molecule has 0 amide bonds. The van der Waals surface area contributed by atoms with Gasteiger partial charge in [0.05, 0.1) is 11.0 Å². The highest BCUT2D eigenvalue weighted by molar-refractivity contribution is 8.00. The fourth-order valence-electron chi connectivity index (χ4n) is 2.58. The molecule has 1 unspecified atom stereocenters. The first-order valence-corrected chi connectivity index (χ1v) is 7.98. The largest absolute Gasteiger partial charge is 0.431 e. The van der Waals surface area contributed by atoms with Crippen LogP contribution in [-0.4, -0.2) is 21.2 Å². The van der Waals surface area contributed by atoms with Crippen LogP contribution in [-0.2, 0) is 0 Å². The van der Waals surface area contributed by atoms with Crippen LogP contribution in [0.4, 0.5) is 0 Å². The lowest BCUT2D eigenvalue weighted by Crippen LogP contribution is -2.19. The minimum atomic E-state index is 0.174. The average Bonchev–Trinajstić information content (AvgIpc) is 2.84. The molecule has 4 nitrogen and oxygen atoms in total. The van der Waals surface area contributed by atoms with E-state index in [9.17, 15) is 5.21 Å². The van der Waals surface area contributed by atoms with E-state index in [0.29, 0.717) is 5.22 Å². The summed E-state index contributed by atoms with van der Waals surface area (Å²) >= 11 is 1.58. The van der Waals surface area contributed by atoms with Gasteiger partial charge in [0.25, 0.3) is 5.22 Å². The SMILES string of the molecule is O/N=C1\CCCCCCC1Sc1nc2ccccc2o1. The summed E-state index contributed by atoms with van der Waals surface area (Å²) in [5.74, 6) is 0. The molecule has 0 bridgehead atoms. The van der Waals surface area contributed by atoms with Crippen LogP contribution >= 0.6 is 11.8 Å². The summed E-state index contributed by atoms with van der Waals surface area (Å²) in [4.78, 5) is 4.49. The number of nitrogens with zero attached hydrogens (tertiary/aromatic N) is 2. The summed E-state index contributed by atoms with van der Waals surface area (Å²) in [6.07, 6.45) is 6.63. The molecule has 1 heterocycles. The molecular weight excluding hydrogens is 272 g/mol. The van der Waals surface area contributed by atoms with Crippen LogP contribution in [0.5, 0.6) is 0 Å². The minimum absolute atomic E-state index is 0.174. The Balaban J connectivity index is 1.79. The average molecular weight is 290 g/mol. The monoisotopic (exact) mass is 290 g/mol. The molecule has 0 saturated heterocycles. The van der Waals surface area contributed by atoms with Crippen molar-refractivity contribution in [3.05, 3.63) is 24.3 Å². The Hall–Kier alpha value is -1.49. The van der Waals surface area contributed by atoms with E-state index >= 15 is 0 Å². The maximum atomic E-state index is 9.22. The predicted molar refractivity (Wildman–Crippen MR) is 80.6 cm³/mol. The highest BCUT2D eigenvalue weighted by Crippen LogP contribution is 2.32. The smallest absolute Gasteiger partial charge is 0.257 e. The first-order chi connectivity index (χ1) is 9.86. The number of hydrogen-bond acceptors (Lipinski definition) is 5. The highest BCUT2D eigenvalue weighted by Gasteiger charge is 2.22. The highest BCUT2D eigenvalue weighted by atomic mass is 32.2. The first kappa shape index (κ1) is 13.5. The van der Waals surface area contributed by atoms with E-state index in [-0.39, 0.29) is 5.25 Å². The second-order valence-electron chi connectivity index (χ2n) is 5.10. The van der Waals surface area contributed by atoms with Gasteiger partial charge in [0.1, 0.15) is 5.52 Å². The number of para-hydroxylation sites is 2. The third kappa shape index (κ3) is 2.98. The summed E-state index contributed by atoms with van der Waals surface area (Å²) < 4.78 is 5.75. The summed E-state index contributed by atoms with van der Waals surface area (Å²) in [5, 5.41) is 13.6. The van der Waals surface area contributed by atoms with Crippen molar-refractivity contribution in [2.45, 2.75) is 49.0 Å². The molecule has 2 aromatic rings. The third-order valence-corrected chi connectivity index (χ3v) is 4.84. The van der Waals surface area contributed by atoms with Crippen LogP contribution in [0.15, 0.2) is 39.1 Å². The van der Waals surface area contributed by atoms with Crippen LogP contribution < -0.4 is 0 Å². The fourth-order valence-corrected chi connectivity index (χ4v) is 3.70. The number of oxime groups is 1. The van der Waals surface area contributed by atoms with E-state index in [1.807, 2.05) is 24.3 Å². The van der Waals surface area contributed by atoms with Gasteiger partial charge in [-0.15, -0.1) is 0 Å². The number of aromatic nitrogens is 1. The van der Waals surface area contributed by atoms with E-state index in [2.05, 4.69) is 10.1 Å². The van der Waals surface area contributed by atoms with E-state index in [4.69, 9.17) is 4.42 Å². The van der Waals surface area contributed by atoms with Crippen molar-refractivity contribution < 1.29 is 9.62 Å². The zero-order chi connectivity index (χ0) is 13.8. The van der Waals surface area contributed by atoms with Crippen LogP contribution in [0.3, 0.4) is 0 Å². The van der Waals surface area contributed by atoms with Gasteiger partial charge in [-0.25, -0.2) is 4.98 Å². The fraction of sp³-hybridized carbons (Fsp3) is 0.467. The number of rotatable bonds is 2. The van der Waals surface area contributed by atoms with Crippen molar-refractivity contribution in [1.82, 2.24) is 4.98 Å².